The van der Waals surface area contributed by atoms with Crippen molar-refractivity contribution in [1.82, 2.24) is 14.5 Å². The topological polar surface area (TPSA) is 52.0 Å². The van der Waals surface area contributed by atoms with Crippen LogP contribution in [0.5, 0.6) is 5.75 Å². The van der Waals surface area contributed by atoms with Gasteiger partial charge in [-0.3, -0.25) is 0 Å². The molecule has 2 aromatic heterocycles. The standard InChI is InChI=1S/C16H16N4O/c1-2-21-14-8-9-17-15(10-14)19-16-11-20(12-18-16)13-6-4-3-5-7-13/h3-12H,2H2,1H3,(H,17,19). The molecule has 0 saturated heterocycles. The van der Waals surface area contributed by atoms with Gasteiger partial charge in [0.05, 0.1) is 12.8 Å². The molecule has 3 rings (SSSR count). The Morgan fingerprint density at radius 1 is 1.10 bits per heavy atom. The Morgan fingerprint density at radius 3 is 2.76 bits per heavy atom. The van der Waals surface area contributed by atoms with Crippen molar-refractivity contribution in [3.63, 3.8) is 0 Å². The molecule has 0 spiro atoms. The van der Waals surface area contributed by atoms with Crippen molar-refractivity contribution in [2.45, 2.75) is 6.92 Å². The monoisotopic (exact) mass is 280 g/mol. The van der Waals surface area contributed by atoms with Crippen LogP contribution in [0.4, 0.5) is 11.6 Å². The summed E-state index contributed by atoms with van der Waals surface area (Å²) < 4.78 is 7.41. The van der Waals surface area contributed by atoms with Gasteiger partial charge in [-0.2, -0.15) is 0 Å². The van der Waals surface area contributed by atoms with Crippen molar-refractivity contribution in [3.05, 3.63) is 61.2 Å². The molecule has 0 unspecified atom stereocenters. The zero-order valence-corrected chi connectivity index (χ0v) is 11.7. The molecule has 3 aromatic rings. The highest BCUT2D eigenvalue weighted by molar-refractivity contribution is 5.53. The molecule has 0 bridgehead atoms. The van der Waals surface area contributed by atoms with Crippen LogP contribution in [-0.2, 0) is 0 Å². The summed E-state index contributed by atoms with van der Waals surface area (Å²) in [5.41, 5.74) is 1.06. The number of nitrogens with one attached hydrogen (secondary N) is 1. The van der Waals surface area contributed by atoms with E-state index >= 15 is 0 Å². The number of para-hydroxylation sites is 1. The quantitative estimate of drug-likeness (QED) is 0.778. The molecule has 0 saturated carbocycles. The van der Waals surface area contributed by atoms with Gasteiger partial charge in [0.1, 0.15) is 23.7 Å². The number of benzene rings is 1. The first-order chi connectivity index (χ1) is 10.3. The van der Waals surface area contributed by atoms with E-state index < -0.39 is 0 Å². The summed E-state index contributed by atoms with van der Waals surface area (Å²) in [4.78, 5) is 8.59. The van der Waals surface area contributed by atoms with Crippen LogP contribution in [0, 0.1) is 0 Å². The lowest BCUT2D eigenvalue weighted by Gasteiger charge is -2.05. The lowest BCUT2D eigenvalue weighted by atomic mass is 10.3. The highest BCUT2D eigenvalue weighted by atomic mass is 16.5. The molecule has 21 heavy (non-hydrogen) atoms. The van der Waals surface area contributed by atoms with Crippen molar-refractivity contribution in [2.24, 2.45) is 0 Å². The summed E-state index contributed by atoms with van der Waals surface area (Å²) in [6.45, 7) is 2.58. The normalized spacial score (nSPS) is 10.3. The van der Waals surface area contributed by atoms with Crippen molar-refractivity contribution < 1.29 is 4.74 Å². The fraction of sp³-hybridized carbons (Fsp3) is 0.125. The van der Waals surface area contributed by atoms with Crippen LogP contribution in [0.1, 0.15) is 6.92 Å². The number of anilines is 2. The lowest BCUT2D eigenvalue weighted by Crippen LogP contribution is -1.96. The fourth-order valence-electron chi connectivity index (χ4n) is 2.00. The van der Waals surface area contributed by atoms with E-state index in [2.05, 4.69) is 15.3 Å². The minimum Gasteiger partial charge on any atom is -0.494 e. The maximum absolute atomic E-state index is 5.45. The van der Waals surface area contributed by atoms with Gasteiger partial charge in [0, 0.05) is 18.0 Å². The average molecular weight is 280 g/mol. The van der Waals surface area contributed by atoms with Gasteiger partial charge < -0.3 is 14.6 Å². The molecule has 106 valence electrons. The Hall–Kier alpha value is -2.82. The SMILES string of the molecule is CCOc1ccnc(Nc2cn(-c3ccccc3)cn2)c1. The molecule has 2 heterocycles. The molecule has 0 fully saturated rings. The molecule has 0 aliphatic rings. The molecule has 1 N–H and O–H groups in total. The molecule has 0 radical (unpaired) electrons. The first kappa shape index (κ1) is 13.2. The Kier molecular flexibility index (Phi) is 3.82. The summed E-state index contributed by atoms with van der Waals surface area (Å²) in [7, 11) is 0. The summed E-state index contributed by atoms with van der Waals surface area (Å²) >= 11 is 0. The predicted octanol–water partition coefficient (Wildman–Crippen LogP) is 3.41. The Labute approximate surface area is 123 Å². The van der Waals surface area contributed by atoms with E-state index in [1.807, 2.05) is 60.2 Å². The number of hydrogen-bond donors (Lipinski definition) is 1. The molecule has 1 aromatic carbocycles. The number of ether oxygens (including phenoxy) is 1. The van der Waals surface area contributed by atoms with Gasteiger partial charge in [-0.1, -0.05) is 18.2 Å². The van der Waals surface area contributed by atoms with Crippen LogP contribution in [0.15, 0.2) is 61.2 Å². The van der Waals surface area contributed by atoms with E-state index in [1.54, 1.807) is 12.5 Å². The van der Waals surface area contributed by atoms with E-state index in [-0.39, 0.29) is 0 Å². The second-order valence-electron chi connectivity index (χ2n) is 4.44. The molecule has 5 heteroatoms. The van der Waals surface area contributed by atoms with Crippen molar-refractivity contribution in [1.29, 1.82) is 0 Å². The van der Waals surface area contributed by atoms with Gasteiger partial charge in [-0.25, -0.2) is 9.97 Å². The molecule has 0 aliphatic heterocycles. The Balaban J connectivity index is 1.77. The number of imidazole rings is 1. The maximum atomic E-state index is 5.45. The van der Waals surface area contributed by atoms with Crippen LogP contribution in [0.3, 0.4) is 0 Å². The Bertz CT molecular complexity index is 709. The number of rotatable bonds is 5. The number of aromatic nitrogens is 3. The fourth-order valence-corrected chi connectivity index (χ4v) is 2.00. The first-order valence-corrected chi connectivity index (χ1v) is 6.80. The molecule has 5 nitrogen and oxygen atoms in total. The minimum atomic E-state index is 0.631. The second kappa shape index (κ2) is 6.09. The molecule has 0 amide bonds. The van der Waals surface area contributed by atoms with Crippen LogP contribution in [-0.4, -0.2) is 21.1 Å². The van der Waals surface area contributed by atoms with Gasteiger partial charge in [0.25, 0.3) is 0 Å². The predicted molar refractivity (Wildman–Crippen MR) is 82.3 cm³/mol. The highest BCUT2D eigenvalue weighted by Crippen LogP contribution is 2.19. The molecule has 0 atom stereocenters. The summed E-state index contributed by atoms with van der Waals surface area (Å²) in [6, 6.07) is 13.7. The van der Waals surface area contributed by atoms with Crippen LogP contribution >= 0.6 is 0 Å². The van der Waals surface area contributed by atoms with E-state index in [0.29, 0.717) is 12.4 Å². The van der Waals surface area contributed by atoms with Crippen molar-refractivity contribution in [2.75, 3.05) is 11.9 Å². The molecular weight excluding hydrogens is 264 g/mol. The van der Waals surface area contributed by atoms with Gasteiger partial charge in [0.2, 0.25) is 0 Å². The Morgan fingerprint density at radius 2 is 1.95 bits per heavy atom. The summed E-state index contributed by atoms with van der Waals surface area (Å²) in [5.74, 6) is 2.23. The number of hydrogen-bond acceptors (Lipinski definition) is 4. The second-order valence-corrected chi connectivity index (χ2v) is 4.44. The summed E-state index contributed by atoms with van der Waals surface area (Å²) in [5, 5.41) is 3.17. The van der Waals surface area contributed by atoms with Gasteiger partial charge in [-0.15, -0.1) is 0 Å². The molecule has 0 aliphatic carbocycles. The van der Waals surface area contributed by atoms with Crippen LogP contribution < -0.4 is 10.1 Å². The minimum absolute atomic E-state index is 0.631. The van der Waals surface area contributed by atoms with E-state index in [4.69, 9.17) is 4.74 Å². The smallest absolute Gasteiger partial charge is 0.150 e. The number of pyridine rings is 1. The third kappa shape index (κ3) is 3.20. The van der Waals surface area contributed by atoms with Gasteiger partial charge in [-0.05, 0) is 25.1 Å². The van der Waals surface area contributed by atoms with Crippen molar-refractivity contribution in [3.8, 4) is 11.4 Å². The maximum Gasteiger partial charge on any atom is 0.150 e. The lowest BCUT2D eigenvalue weighted by molar-refractivity contribution is 0.340. The third-order valence-electron chi connectivity index (χ3n) is 2.94. The van der Waals surface area contributed by atoms with E-state index in [9.17, 15) is 0 Å². The van der Waals surface area contributed by atoms with Crippen molar-refractivity contribution >= 4 is 11.6 Å². The van der Waals surface area contributed by atoms with Crippen LogP contribution in [0.25, 0.3) is 5.69 Å². The summed E-state index contributed by atoms with van der Waals surface area (Å²) in [6.07, 6.45) is 5.40. The van der Waals surface area contributed by atoms with Crippen LogP contribution in [0.2, 0.25) is 0 Å². The van der Waals surface area contributed by atoms with E-state index in [0.717, 1.165) is 17.3 Å². The first-order valence-electron chi connectivity index (χ1n) is 6.80. The third-order valence-corrected chi connectivity index (χ3v) is 2.94. The van der Waals surface area contributed by atoms with Gasteiger partial charge >= 0.3 is 0 Å². The van der Waals surface area contributed by atoms with Gasteiger partial charge in [0.15, 0.2) is 0 Å². The zero-order valence-electron chi connectivity index (χ0n) is 11.7. The molecular formula is C16H16N4O. The largest absolute Gasteiger partial charge is 0.494 e. The number of nitrogens with zero attached hydrogens (tertiary/aromatic N) is 3. The zero-order chi connectivity index (χ0) is 14.5. The highest BCUT2D eigenvalue weighted by Gasteiger charge is 2.03. The van der Waals surface area contributed by atoms with E-state index in [1.165, 1.54) is 0 Å². The average Bonchev–Trinajstić information content (AvgIpc) is 2.97.